The molecule has 5 rings (SSSR count). The molecule has 2 aliphatic rings. The molecular formula is C25H26FN5O3. The van der Waals surface area contributed by atoms with Gasteiger partial charge in [0.25, 0.3) is 5.91 Å². The van der Waals surface area contributed by atoms with Gasteiger partial charge in [-0.1, -0.05) is 36.4 Å². The van der Waals surface area contributed by atoms with E-state index in [9.17, 15) is 18.8 Å². The van der Waals surface area contributed by atoms with Crippen LogP contribution in [-0.2, 0) is 22.7 Å². The normalized spacial score (nSPS) is 15.3. The molecule has 2 saturated carbocycles. The number of primary amides is 1. The van der Waals surface area contributed by atoms with Gasteiger partial charge in [0, 0.05) is 23.5 Å². The Kier molecular flexibility index (Phi) is 5.77. The summed E-state index contributed by atoms with van der Waals surface area (Å²) in [4.78, 5) is 39.1. The van der Waals surface area contributed by atoms with Crippen molar-refractivity contribution in [2.24, 2.45) is 5.73 Å². The molecule has 3 amide bonds. The maximum atomic E-state index is 14.7. The SMILES string of the molecule is NC(=O)c1nn(CC(=O)N(CC(=O)NCc2cccc(C3CC3)c2F)C2CC2)c2ccccc12. The molecule has 0 bridgehead atoms. The second-order valence-corrected chi connectivity index (χ2v) is 9.01. The minimum atomic E-state index is -0.668. The van der Waals surface area contributed by atoms with Gasteiger partial charge in [-0.3, -0.25) is 19.1 Å². The molecular weight excluding hydrogens is 437 g/mol. The van der Waals surface area contributed by atoms with E-state index in [4.69, 9.17) is 5.73 Å². The van der Waals surface area contributed by atoms with E-state index < -0.39 is 5.91 Å². The van der Waals surface area contributed by atoms with Gasteiger partial charge in [-0.05, 0) is 43.2 Å². The van der Waals surface area contributed by atoms with Crippen molar-refractivity contribution in [1.82, 2.24) is 20.0 Å². The average Bonchev–Trinajstić information content (AvgIpc) is 3.74. The summed E-state index contributed by atoms with van der Waals surface area (Å²) in [6, 6.07) is 12.3. The lowest BCUT2D eigenvalue weighted by molar-refractivity contribution is -0.137. The number of carbonyl (C=O) groups excluding carboxylic acids is 3. The fourth-order valence-electron chi connectivity index (χ4n) is 4.31. The van der Waals surface area contributed by atoms with Gasteiger partial charge in [0.2, 0.25) is 11.8 Å². The predicted octanol–water partition coefficient (Wildman–Crippen LogP) is 2.46. The van der Waals surface area contributed by atoms with Crippen LogP contribution in [-0.4, -0.2) is 45.0 Å². The Morgan fingerprint density at radius 2 is 1.85 bits per heavy atom. The number of amides is 3. The van der Waals surface area contributed by atoms with E-state index in [1.165, 1.54) is 9.58 Å². The number of aromatic nitrogens is 2. The van der Waals surface area contributed by atoms with Gasteiger partial charge >= 0.3 is 0 Å². The number of hydrogen-bond donors (Lipinski definition) is 2. The lowest BCUT2D eigenvalue weighted by Gasteiger charge is -2.22. The summed E-state index contributed by atoms with van der Waals surface area (Å²) < 4.78 is 16.2. The zero-order valence-electron chi connectivity index (χ0n) is 18.7. The molecule has 1 heterocycles. The number of nitrogens with zero attached hydrogens (tertiary/aromatic N) is 3. The molecule has 0 atom stereocenters. The van der Waals surface area contributed by atoms with Gasteiger partial charge in [-0.2, -0.15) is 5.10 Å². The lowest BCUT2D eigenvalue weighted by Crippen LogP contribution is -2.43. The first-order chi connectivity index (χ1) is 16.4. The first-order valence-corrected chi connectivity index (χ1v) is 11.5. The van der Waals surface area contributed by atoms with Crippen LogP contribution in [0, 0.1) is 5.82 Å². The third-order valence-corrected chi connectivity index (χ3v) is 6.40. The molecule has 3 N–H and O–H groups in total. The molecule has 0 saturated heterocycles. The summed E-state index contributed by atoms with van der Waals surface area (Å²) in [5.74, 6) is -1.26. The fourth-order valence-corrected chi connectivity index (χ4v) is 4.31. The first-order valence-electron chi connectivity index (χ1n) is 11.5. The van der Waals surface area contributed by atoms with E-state index in [0.29, 0.717) is 22.0 Å². The number of benzene rings is 2. The second-order valence-electron chi connectivity index (χ2n) is 9.01. The number of halogens is 1. The number of nitrogens with one attached hydrogen (secondary N) is 1. The molecule has 9 heteroatoms. The van der Waals surface area contributed by atoms with Crippen molar-refractivity contribution in [3.63, 3.8) is 0 Å². The van der Waals surface area contributed by atoms with Crippen molar-refractivity contribution >= 4 is 28.6 Å². The number of nitrogens with two attached hydrogens (primary N) is 1. The Morgan fingerprint density at radius 3 is 2.56 bits per heavy atom. The Hall–Kier alpha value is -3.75. The van der Waals surface area contributed by atoms with Crippen molar-refractivity contribution in [3.05, 3.63) is 65.1 Å². The average molecular weight is 464 g/mol. The smallest absolute Gasteiger partial charge is 0.269 e. The van der Waals surface area contributed by atoms with Gasteiger partial charge in [0.1, 0.15) is 12.4 Å². The Balaban J connectivity index is 1.25. The van der Waals surface area contributed by atoms with Crippen molar-refractivity contribution in [1.29, 1.82) is 0 Å². The molecule has 176 valence electrons. The van der Waals surface area contributed by atoms with Crippen LogP contribution in [0.1, 0.15) is 53.2 Å². The van der Waals surface area contributed by atoms with Crippen LogP contribution in [0.4, 0.5) is 4.39 Å². The van der Waals surface area contributed by atoms with E-state index in [-0.39, 0.29) is 54.9 Å². The second kappa shape index (κ2) is 8.89. The standard InChI is InChI=1S/C25H26FN5O3/c26-23-16(4-3-6-18(23)15-8-9-15)12-28-21(32)13-30(17-10-11-17)22(33)14-31-20-7-2-1-5-19(20)24(29-31)25(27)34/h1-7,15,17H,8-14H2,(H2,27,34)(H,28,32). The fraction of sp³-hybridized carbons (Fsp3) is 0.360. The molecule has 8 nitrogen and oxygen atoms in total. The van der Waals surface area contributed by atoms with Crippen LogP contribution < -0.4 is 11.1 Å². The number of fused-ring (bicyclic) bond motifs is 1. The number of para-hydroxylation sites is 1. The van der Waals surface area contributed by atoms with E-state index in [0.717, 1.165) is 25.7 Å². The van der Waals surface area contributed by atoms with E-state index in [2.05, 4.69) is 10.4 Å². The lowest BCUT2D eigenvalue weighted by atomic mass is 10.1. The molecule has 34 heavy (non-hydrogen) atoms. The van der Waals surface area contributed by atoms with E-state index >= 15 is 0 Å². The minimum Gasteiger partial charge on any atom is -0.364 e. The maximum Gasteiger partial charge on any atom is 0.269 e. The van der Waals surface area contributed by atoms with Gasteiger partial charge in [0.15, 0.2) is 5.69 Å². The molecule has 2 fully saturated rings. The maximum absolute atomic E-state index is 14.7. The van der Waals surface area contributed by atoms with Crippen molar-refractivity contribution < 1.29 is 18.8 Å². The zero-order valence-corrected chi connectivity index (χ0v) is 18.7. The van der Waals surface area contributed by atoms with Crippen LogP contribution >= 0.6 is 0 Å². The van der Waals surface area contributed by atoms with Gasteiger partial charge < -0.3 is 16.0 Å². The highest BCUT2D eigenvalue weighted by Gasteiger charge is 2.34. The molecule has 0 spiro atoms. The molecule has 3 aromatic rings. The molecule has 1 aromatic heterocycles. The largest absolute Gasteiger partial charge is 0.364 e. The summed E-state index contributed by atoms with van der Waals surface area (Å²) in [7, 11) is 0. The molecule has 2 aromatic carbocycles. The summed E-state index contributed by atoms with van der Waals surface area (Å²) in [5, 5.41) is 7.56. The Morgan fingerprint density at radius 1 is 1.09 bits per heavy atom. The van der Waals surface area contributed by atoms with E-state index in [1.807, 2.05) is 6.07 Å². The molecule has 2 aliphatic carbocycles. The van der Waals surface area contributed by atoms with Crippen LogP contribution in [0.5, 0.6) is 0 Å². The van der Waals surface area contributed by atoms with Crippen molar-refractivity contribution in [2.45, 2.75) is 50.7 Å². The molecule has 0 radical (unpaired) electrons. The monoisotopic (exact) mass is 463 g/mol. The first kappa shape index (κ1) is 22.1. The number of carbonyl (C=O) groups is 3. The van der Waals surface area contributed by atoms with Crippen LogP contribution in [0.2, 0.25) is 0 Å². The predicted molar refractivity (Wildman–Crippen MR) is 123 cm³/mol. The van der Waals surface area contributed by atoms with Gasteiger partial charge in [0.05, 0.1) is 12.1 Å². The highest BCUT2D eigenvalue weighted by Crippen LogP contribution is 2.41. The Labute approximate surface area is 195 Å². The topological polar surface area (TPSA) is 110 Å². The molecule has 0 aliphatic heterocycles. The van der Waals surface area contributed by atoms with Gasteiger partial charge in [-0.25, -0.2) is 4.39 Å². The third-order valence-electron chi connectivity index (χ3n) is 6.40. The summed E-state index contributed by atoms with van der Waals surface area (Å²) >= 11 is 0. The van der Waals surface area contributed by atoms with Crippen LogP contribution in [0.15, 0.2) is 42.5 Å². The number of rotatable bonds is 9. The molecule has 0 unspecified atom stereocenters. The van der Waals surface area contributed by atoms with Crippen molar-refractivity contribution in [2.75, 3.05) is 6.54 Å². The van der Waals surface area contributed by atoms with Crippen LogP contribution in [0.3, 0.4) is 0 Å². The summed E-state index contributed by atoms with van der Waals surface area (Å²) in [6.45, 7) is -0.158. The highest BCUT2D eigenvalue weighted by atomic mass is 19.1. The quantitative estimate of drug-likeness (QED) is 0.508. The van der Waals surface area contributed by atoms with Crippen LogP contribution in [0.25, 0.3) is 10.9 Å². The highest BCUT2D eigenvalue weighted by molar-refractivity contribution is 6.04. The Bertz CT molecular complexity index is 1280. The number of hydrogen-bond acceptors (Lipinski definition) is 4. The zero-order chi connectivity index (χ0) is 23.8. The minimum absolute atomic E-state index is 0.00869. The summed E-state index contributed by atoms with van der Waals surface area (Å²) in [5.41, 5.74) is 7.33. The summed E-state index contributed by atoms with van der Waals surface area (Å²) in [6.07, 6.45) is 3.64. The van der Waals surface area contributed by atoms with Crippen molar-refractivity contribution in [3.8, 4) is 0 Å². The third kappa shape index (κ3) is 4.50. The van der Waals surface area contributed by atoms with E-state index in [1.54, 1.807) is 36.4 Å². The van der Waals surface area contributed by atoms with Gasteiger partial charge in [-0.15, -0.1) is 0 Å².